The minimum absolute atomic E-state index is 0. The molecule has 0 aliphatic heterocycles. The zero-order valence-corrected chi connectivity index (χ0v) is 4.11. The summed E-state index contributed by atoms with van der Waals surface area (Å²) in [5.74, 6) is 0. The van der Waals surface area contributed by atoms with Crippen LogP contribution in [0.3, 0.4) is 0 Å². The summed E-state index contributed by atoms with van der Waals surface area (Å²) >= 11 is 0. The molecule has 0 N–H and O–H groups in total. The van der Waals surface area contributed by atoms with Gasteiger partial charge in [-0.25, -0.2) is 0 Å². The van der Waals surface area contributed by atoms with Gasteiger partial charge in [-0.2, -0.15) is 0 Å². The van der Waals surface area contributed by atoms with Crippen molar-refractivity contribution in [1.82, 2.24) is 0 Å². The van der Waals surface area contributed by atoms with Gasteiger partial charge in [-0.1, -0.05) is 32.1 Å². The third-order valence-corrected chi connectivity index (χ3v) is 1.32. The molecule has 0 aromatic rings. The van der Waals surface area contributed by atoms with Crippen LogP contribution < -0.4 is 0 Å². The maximum Gasteiger partial charge on any atom is 0.187 e. The lowest BCUT2D eigenvalue weighted by Crippen LogP contribution is -1.87. The van der Waals surface area contributed by atoms with Crippen LogP contribution in [0, 0.1) is 6.42 Å². The smallest absolute Gasteiger partial charge is 0.0533 e. The van der Waals surface area contributed by atoms with E-state index < -0.39 is 0 Å². The van der Waals surface area contributed by atoms with Crippen LogP contribution >= 0.6 is 0 Å². The van der Waals surface area contributed by atoms with Crippen molar-refractivity contribution in [2.45, 2.75) is 32.1 Å². The Labute approximate surface area is 56.4 Å². The van der Waals surface area contributed by atoms with Crippen LogP contribution in [-0.2, 0) is 0 Å². The van der Waals surface area contributed by atoms with Crippen molar-refractivity contribution in [3.8, 4) is 0 Å². The lowest BCUT2D eigenvalue weighted by Gasteiger charge is -2.05. The van der Waals surface area contributed by atoms with E-state index in [0.29, 0.717) is 0 Å². The summed E-state index contributed by atoms with van der Waals surface area (Å²) in [7, 11) is 0. The van der Waals surface area contributed by atoms with E-state index in [1.807, 2.05) is 0 Å². The van der Waals surface area contributed by atoms with Gasteiger partial charge in [0.2, 0.25) is 0 Å². The minimum atomic E-state index is 0. The fourth-order valence-electron chi connectivity index (χ4n) is 0.898. The molecule has 1 heteroatoms. The minimum Gasteiger partial charge on any atom is -0.0533 e. The Hall–Kier alpha value is 0.532. The van der Waals surface area contributed by atoms with Gasteiger partial charge in [-0.05, 0) is 6.42 Å². The monoisotopic (exact) mass is 113 g/mol. The highest BCUT2D eigenvalue weighted by atomic mass is 27.0. The predicted octanol–water partition coefficient (Wildman–Crippen LogP) is 0.971. The standard InChI is InChI=1S/C6H11.Al.3H/c1-2-4-6-5-3-1;;;;/h1H,2-6H2;;;;. The molecule has 0 spiro atoms. The molecule has 0 aromatic heterocycles. The van der Waals surface area contributed by atoms with Gasteiger partial charge in [0, 0.05) is 0 Å². The summed E-state index contributed by atoms with van der Waals surface area (Å²) in [6.45, 7) is 0. The van der Waals surface area contributed by atoms with E-state index in [4.69, 9.17) is 0 Å². The molecule has 1 fully saturated rings. The summed E-state index contributed by atoms with van der Waals surface area (Å²) in [4.78, 5) is 0. The van der Waals surface area contributed by atoms with Crippen LogP contribution in [0.15, 0.2) is 0 Å². The largest absolute Gasteiger partial charge is 0.187 e. The first-order valence-corrected chi connectivity index (χ1v) is 2.82. The molecular weight excluding hydrogens is 99.0 g/mol. The van der Waals surface area contributed by atoms with Gasteiger partial charge in [0.05, 0.1) is 0 Å². The highest BCUT2D eigenvalue weighted by molar-refractivity contribution is 5.75. The van der Waals surface area contributed by atoms with Crippen LogP contribution in [0.1, 0.15) is 32.1 Å². The molecular formula is C6H14Al. The Morgan fingerprint density at radius 3 is 1.57 bits per heavy atom. The topological polar surface area (TPSA) is 0 Å². The van der Waals surface area contributed by atoms with Crippen molar-refractivity contribution in [3.05, 3.63) is 6.42 Å². The molecule has 1 saturated carbocycles. The molecule has 0 unspecified atom stereocenters. The van der Waals surface area contributed by atoms with Gasteiger partial charge in [0.1, 0.15) is 0 Å². The van der Waals surface area contributed by atoms with Gasteiger partial charge >= 0.3 is 0 Å². The second-order valence-corrected chi connectivity index (χ2v) is 1.93. The molecule has 0 aromatic carbocycles. The quantitative estimate of drug-likeness (QED) is 0.411. The van der Waals surface area contributed by atoms with Gasteiger partial charge in [-0.15, -0.1) is 0 Å². The van der Waals surface area contributed by atoms with Crippen LogP contribution in [0.4, 0.5) is 0 Å². The number of hydrogen-bond donors (Lipinski definition) is 0. The first-order valence-electron chi connectivity index (χ1n) is 2.82. The first kappa shape index (κ1) is 7.53. The zero-order chi connectivity index (χ0) is 4.24. The number of rotatable bonds is 0. The van der Waals surface area contributed by atoms with E-state index in [1.165, 1.54) is 32.1 Å². The van der Waals surface area contributed by atoms with Crippen molar-refractivity contribution in [3.63, 3.8) is 0 Å². The average molecular weight is 113 g/mol. The summed E-state index contributed by atoms with van der Waals surface area (Å²) in [6.07, 6.45) is 9.50. The fourth-order valence-corrected chi connectivity index (χ4v) is 0.898. The lowest BCUT2D eigenvalue weighted by atomic mass is 10.0. The third-order valence-electron chi connectivity index (χ3n) is 1.32. The molecule has 0 bridgehead atoms. The molecule has 1 aliphatic rings. The van der Waals surface area contributed by atoms with Gasteiger partial charge in [0.25, 0.3) is 0 Å². The van der Waals surface area contributed by atoms with Crippen LogP contribution in [0.5, 0.6) is 0 Å². The molecule has 1 rings (SSSR count). The second kappa shape index (κ2) is 4.69. The highest BCUT2D eigenvalue weighted by Crippen LogP contribution is 2.14. The maximum atomic E-state index is 2.39. The van der Waals surface area contributed by atoms with Crippen molar-refractivity contribution in [2.75, 3.05) is 0 Å². The Morgan fingerprint density at radius 1 is 0.857 bits per heavy atom. The summed E-state index contributed by atoms with van der Waals surface area (Å²) in [6, 6.07) is 0. The van der Waals surface area contributed by atoms with E-state index in [1.54, 1.807) is 0 Å². The molecule has 1 radical (unpaired) electrons. The SMILES string of the molecule is [AlH3].[CH]1CCCCC1. The molecule has 7 heavy (non-hydrogen) atoms. The Bertz CT molecular complexity index is 19.7. The van der Waals surface area contributed by atoms with Crippen LogP contribution in [0.2, 0.25) is 0 Å². The highest BCUT2D eigenvalue weighted by Gasteiger charge is 1.95. The molecule has 0 nitrogen and oxygen atoms in total. The first-order chi connectivity index (χ1) is 3.00. The molecule has 0 amide bonds. The van der Waals surface area contributed by atoms with E-state index in [-0.39, 0.29) is 17.4 Å². The van der Waals surface area contributed by atoms with E-state index in [0.717, 1.165) is 0 Å². The van der Waals surface area contributed by atoms with Crippen molar-refractivity contribution >= 4 is 17.4 Å². The summed E-state index contributed by atoms with van der Waals surface area (Å²) in [5, 5.41) is 0. The molecule has 0 heterocycles. The predicted molar refractivity (Wildman–Crippen MR) is 37.3 cm³/mol. The van der Waals surface area contributed by atoms with E-state index in [9.17, 15) is 0 Å². The van der Waals surface area contributed by atoms with Crippen molar-refractivity contribution in [2.24, 2.45) is 0 Å². The lowest BCUT2D eigenvalue weighted by molar-refractivity contribution is 0.593. The van der Waals surface area contributed by atoms with Crippen LogP contribution in [0.25, 0.3) is 0 Å². The van der Waals surface area contributed by atoms with E-state index in [2.05, 4.69) is 6.42 Å². The summed E-state index contributed by atoms with van der Waals surface area (Å²) in [5.41, 5.74) is 0. The van der Waals surface area contributed by atoms with Gasteiger partial charge in [0.15, 0.2) is 17.4 Å². The Balaban J connectivity index is 0.000000360. The molecule has 0 atom stereocenters. The Kier molecular flexibility index (Phi) is 5.04. The van der Waals surface area contributed by atoms with Crippen molar-refractivity contribution < 1.29 is 0 Å². The third kappa shape index (κ3) is 3.14. The molecule has 0 saturated heterocycles. The molecule has 1 aliphatic carbocycles. The van der Waals surface area contributed by atoms with Gasteiger partial charge < -0.3 is 0 Å². The maximum absolute atomic E-state index is 2.39. The molecule has 41 valence electrons. The second-order valence-electron chi connectivity index (χ2n) is 1.93. The van der Waals surface area contributed by atoms with E-state index >= 15 is 0 Å². The van der Waals surface area contributed by atoms with Crippen LogP contribution in [-0.4, -0.2) is 17.4 Å². The average Bonchev–Trinajstić information content (AvgIpc) is 1.72. The Morgan fingerprint density at radius 2 is 1.43 bits per heavy atom. The van der Waals surface area contributed by atoms with Gasteiger partial charge in [-0.3, -0.25) is 0 Å². The van der Waals surface area contributed by atoms with Crippen molar-refractivity contribution in [1.29, 1.82) is 0 Å². The normalized spacial score (nSPS) is 20.6. The fraction of sp³-hybridized carbons (Fsp3) is 0.833. The zero-order valence-electron chi connectivity index (χ0n) is 4.11. The number of hydrogen-bond acceptors (Lipinski definition) is 0. The summed E-state index contributed by atoms with van der Waals surface area (Å²) < 4.78 is 0.